The predicted molar refractivity (Wildman–Crippen MR) is 126 cm³/mol. The molecule has 0 bridgehead atoms. The number of carbonyl (C=O) groups excluding carboxylic acids is 1. The standard InChI is InChI=1S/C25H23FN2O4S/c1-3-30-25(29)21-11-28-24(27)22-17(14-33-23(21)22)13-32-20-8-15(2)7-19(10-20)31-12-16-5-4-6-18(26)9-16/h4-11,14H,3,12-13H2,1-2H3,(H2,27,28). The number of anilines is 1. The Morgan fingerprint density at radius 1 is 1.12 bits per heavy atom. The van der Waals surface area contributed by atoms with Gasteiger partial charge in [-0.1, -0.05) is 12.1 Å². The van der Waals surface area contributed by atoms with Gasteiger partial charge in [-0.15, -0.1) is 11.3 Å². The third kappa shape index (κ3) is 5.23. The quantitative estimate of drug-likeness (QED) is 0.337. The van der Waals surface area contributed by atoms with Crippen molar-refractivity contribution in [2.45, 2.75) is 27.1 Å². The molecule has 2 heterocycles. The zero-order valence-corrected chi connectivity index (χ0v) is 19.1. The molecular formula is C25H23FN2O4S. The van der Waals surface area contributed by atoms with Crippen molar-refractivity contribution in [3.05, 3.63) is 82.1 Å². The first kappa shape index (κ1) is 22.5. The molecular weight excluding hydrogens is 443 g/mol. The Hall–Kier alpha value is -3.65. The molecule has 4 rings (SSSR count). The molecule has 0 saturated carbocycles. The van der Waals surface area contributed by atoms with E-state index >= 15 is 0 Å². The van der Waals surface area contributed by atoms with Gasteiger partial charge in [-0.2, -0.15) is 0 Å². The van der Waals surface area contributed by atoms with Crippen LogP contribution in [0.5, 0.6) is 11.5 Å². The number of rotatable bonds is 8. The number of nitrogen functional groups attached to an aromatic ring is 1. The van der Waals surface area contributed by atoms with Crippen LogP contribution in [0.25, 0.3) is 10.1 Å². The molecule has 8 heteroatoms. The number of hydrogen-bond acceptors (Lipinski definition) is 7. The average Bonchev–Trinajstić information content (AvgIpc) is 3.21. The molecule has 6 nitrogen and oxygen atoms in total. The molecule has 0 aliphatic carbocycles. The summed E-state index contributed by atoms with van der Waals surface area (Å²) in [6.07, 6.45) is 1.44. The molecule has 2 N–H and O–H groups in total. The van der Waals surface area contributed by atoms with Gasteiger partial charge in [0.05, 0.1) is 16.9 Å². The minimum Gasteiger partial charge on any atom is -0.489 e. The number of esters is 1. The van der Waals surface area contributed by atoms with Crippen molar-refractivity contribution in [1.29, 1.82) is 0 Å². The normalized spacial score (nSPS) is 10.9. The number of nitrogens with zero attached hydrogens (tertiary/aromatic N) is 1. The minimum absolute atomic E-state index is 0.241. The van der Waals surface area contributed by atoms with Crippen LogP contribution in [0.4, 0.5) is 10.2 Å². The Labute approximate surface area is 194 Å². The van der Waals surface area contributed by atoms with Crippen LogP contribution < -0.4 is 15.2 Å². The van der Waals surface area contributed by atoms with E-state index in [1.165, 1.54) is 29.7 Å². The number of nitrogens with two attached hydrogens (primary N) is 1. The Balaban J connectivity index is 1.51. The number of carbonyl (C=O) groups is 1. The maximum Gasteiger partial charge on any atom is 0.341 e. The molecule has 0 saturated heterocycles. The molecule has 0 spiro atoms. The average molecular weight is 467 g/mol. The van der Waals surface area contributed by atoms with Crippen LogP contribution >= 0.6 is 11.3 Å². The van der Waals surface area contributed by atoms with Crippen molar-refractivity contribution in [2.24, 2.45) is 0 Å². The summed E-state index contributed by atoms with van der Waals surface area (Å²) < 4.78 is 31.1. The fourth-order valence-electron chi connectivity index (χ4n) is 3.43. The van der Waals surface area contributed by atoms with Crippen LogP contribution in [0.2, 0.25) is 0 Å². The van der Waals surface area contributed by atoms with Gasteiger partial charge in [0.2, 0.25) is 0 Å². The second kappa shape index (κ2) is 9.87. The van der Waals surface area contributed by atoms with Crippen molar-refractivity contribution >= 4 is 33.2 Å². The van der Waals surface area contributed by atoms with Gasteiger partial charge in [0.25, 0.3) is 0 Å². The smallest absolute Gasteiger partial charge is 0.341 e. The number of thiophene rings is 1. The summed E-state index contributed by atoms with van der Waals surface area (Å²) in [6, 6.07) is 11.9. The third-order valence-electron chi connectivity index (χ3n) is 4.91. The second-order valence-corrected chi connectivity index (χ2v) is 8.31. The first-order chi connectivity index (χ1) is 15.9. The number of hydrogen-bond donors (Lipinski definition) is 1. The van der Waals surface area contributed by atoms with E-state index in [1.54, 1.807) is 25.1 Å². The van der Waals surface area contributed by atoms with E-state index in [0.29, 0.717) is 28.3 Å². The lowest BCUT2D eigenvalue weighted by Crippen LogP contribution is -2.06. The number of fused-ring (bicyclic) bond motifs is 1. The number of pyridine rings is 1. The Kier molecular flexibility index (Phi) is 6.74. The van der Waals surface area contributed by atoms with Gasteiger partial charge in [0.15, 0.2) is 0 Å². The van der Waals surface area contributed by atoms with E-state index in [1.807, 2.05) is 24.4 Å². The molecule has 0 amide bonds. The first-order valence-corrected chi connectivity index (χ1v) is 11.3. The van der Waals surface area contributed by atoms with Crippen LogP contribution in [-0.2, 0) is 18.0 Å². The molecule has 2 aromatic carbocycles. The van der Waals surface area contributed by atoms with Crippen molar-refractivity contribution in [3.8, 4) is 11.5 Å². The number of halogens is 1. The van der Waals surface area contributed by atoms with Crippen LogP contribution in [-0.4, -0.2) is 17.6 Å². The van der Waals surface area contributed by atoms with Gasteiger partial charge in [-0.25, -0.2) is 14.2 Å². The van der Waals surface area contributed by atoms with Crippen LogP contribution in [0.3, 0.4) is 0 Å². The lowest BCUT2D eigenvalue weighted by molar-refractivity contribution is 0.0528. The highest BCUT2D eigenvalue weighted by atomic mass is 32.1. The summed E-state index contributed by atoms with van der Waals surface area (Å²) in [5.74, 6) is 0.850. The highest BCUT2D eigenvalue weighted by Crippen LogP contribution is 2.34. The van der Waals surface area contributed by atoms with Gasteiger partial charge in [-0.05, 0) is 54.6 Å². The largest absolute Gasteiger partial charge is 0.489 e. The Morgan fingerprint density at radius 3 is 2.61 bits per heavy atom. The van der Waals surface area contributed by atoms with Crippen LogP contribution in [0.1, 0.15) is 34.0 Å². The fraction of sp³-hybridized carbons (Fsp3) is 0.200. The van der Waals surface area contributed by atoms with Gasteiger partial charge in [0, 0.05) is 23.2 Å². The molecule has 2 aromatic heterocycles. The summed E-state index contributed by atoms with van der Waals surface area (Å²) in [7, 11) is 0. The highest BCUT2D eigenvalue weighted by Gasteiger charge is 2.18. The lowest BCUT2D eigenvalue weighted by Gasteiger charge is -2.12. The molecule has 4 aromatic rings. The van der Waals surface area contributed by atoms with E-state index in [9.17, 15) is 9.18 Å². The molecule has 170 valence electrons. The van der Waals surface area contributed by atoms with Crippen LogP contribution in [0.15, 0.2) is 54.0 Å². The maximum atomic E-state index is 13.4. The number of ether oxygens (including phenoxy) is 3. The zero-order valence-electron chi connectivity index (χ0n) is 18.3. The summed E-state index contributed by atoms with van der Waals surface area (Å²) in [5.41, 5.74) is 9.03. The van der Waals surface area contributed by atoms with Gasteiger partial charge >= 0.3 is 5.97 Å². The second-order valence-electron chi connectivity index (χ2n) is 7.43. The van der Waals surface area contributed by atoms with Gasteiger partial charge in [0.1, 0.15) is 36.3 Å². The number of aromatic nitrogens is 1. The maximum absolute atomic E-state index is 13.4. The molecule has 33 heavy (non-hydrogen) atoms. The molecule has 0 fully saturated rings. The van der Waals surface area contributed by atoms with Crippen molar-refractivity contribution in [1.82, 2.24) is 4.98 Å². The summed E-state index contributed by atoms with van der Waals surface area (Å²) in [5, 5.41) is 2.60. The number of aryl methyl sites for hydroxylation is 1. The van der Waals surface area contributed by atoms with E-state index in [-0.39, 0.29) is 25.6 Å². The Bertz CT molecular complexity index is 1310. The monoisotopic (exact) mass is 466 g/mol. The Morgan fingerprint density at radius 2 is 1.88 bits per heavy atom. The summed E-state index contributed by atoms with van der Waals surface area (Å²) in [6.45, 7) is 4.46. The van der Waals surface area contributed by atoms with Crippen molar-refractivity contribution in [2.75, 3.05) is 12.3 Å². The molecule has 0 aliphatic rings. The molecule has 0 radical (unpaired) electrons. The summed E-state index contributed by atoms with van der Waals surface area (Å²) >= 11 is 1.40. The van der Waals surface area contributed by atoms with E-state index in [0.717, 1.165) is 21.4 Å². The van der Waals surface area contributed by atoms with E-state index in [4.69, 9.17) is 19.9 Å². The lowest BCUT2D eigenvalue weighted by atomic mass is 10.1. The topological polar surface area (TPSA) is 83.7 Å². The molecule has 0 aliphatic heterocycles. The van der Waals surface area contributed by atoms with E-state index < -0.39 is 5.97 Å². The predicted octanol–water partition coefficient (Wildman–Crippen LogP) is 5.66. The van der Waals surface area contributed by atoms with Crippen molar-refractivity contribution < 1.29 is 23.4 Å². The first-order valence-electron chi connectivity index (χ1n) is 10.4. The molecule has 0 unspecified atom stereocenters. The van der Waals surface area contributed by atoms with Crippen molar-refractivity contribution in [3.63, 3.8) is 0 Å². The van der Waals surface area contributed by atoms with Crippen LogP contribution in [0, 0.1) is 12.7 Å². The fourth-order valence-corrected chi connectivity index (χ4v) is 4.49. The SMILES string of the molecule is CCOC(=O)c1cnc(N)c2c(COc3cc(C)cc(OCc4cccc(F)c4)c3)csc12. The molecule has 0 atom stereocenters. The summed E-state index contributed by atoms with van der Waals surface area (Å²) in [4.78, 5) is 16.4. The van der Waals surface area contributed by atoms with Gasteiger partial charge in [-0.3, -0.25) is 0 Å². The van der Waals surface area contributed by atoms with Gasteiger partial charge < -0.3 is 19.9 Å². The number of benzene rings is 2. The minimum atomic E-state index is -0.428. The third-order valence-corrected chi connectivity index (χ3v) is 5.97. The van der Waals surface area contributed by atoms with E-state index in [2.05, 4.69) is 4.98 Å². The zero-order chi connectivity index (χ0) is 23.4. The highest BCUT2D eigenvalue weighted by molar-refractivity contribution is 7.17.